The van der Waals surface area contributed by atoms with Crippen molar-refractivity contribution in [2.45, 2.75) is 52.5 Å². The third kappa shape index (κ3) is 5.72. The van der Waals surface area contributed by atoms with E-state index < -0.39 is 4.81 Å². The molecule has 2 aliphatic heterocycles. The van der Waals surface area contributed by atoms with E-state index in [1.165, 1.54) is 35.1 Å². The standard InChI is InChI=1S/C29H39N6O2/c1-20-9-6-10-21(2)27(20)23-17-22(3)28-26(18-23)32-33-29(31-28)30-24-11-7-12-25(19-24)35(36,37)16-8-15-34-13-4-5-14-34/h6-7,9-12,17-18,24,32,36-37H,4-5,8,13-16,19H2,1-3H3,(H2,30,31,33)/q+1. The van der Waals surface area contributed by atoms with Gasteiger partial charge in [0.1, 0.15) is 6.54 Å². The summed E-state index contributed by atoms with van der Waals surface area (Å²) in [6.07, 6.45) is 9.30. The highest BCUT2D eigenvalue weighted by atomic mass is 16.8. The molecule has 2 heterocycles. The van der Waals surface area contributed by atoms with E-state index in [1.807, 2.05) is 12.2 Å². The molecule has 2 aromatic rings. The van der Waals surface area contributed by atoms with Gasteiger partial charge in [-0.1, -0.05) is 30.4 Å². The first-order chi connectivity index (χ1) is 17.8. The lowest BCUT2D eigenvalue weighted by Crippen LogP contribution is -2.44. The van der Waals surface area contributed by atoms with E-state index in [4.69, 9.17) is 4.99 Å². The monoisotopic (exact) mass is 503 g/mol. The van der Waals surface area contributed by atoms with E-state index in [9.17, 15) is 10.4 Å². The maximum absolute atomic E-state index is 10.7. The fourth-order valence-electron chi connectivity index (χ4n) is 5.64. The number of aryl methyl sites for hydroxylation is 3. The van der Waals surface area contributed by atoms with Crippen molar-refractivity contribution in [3.05, 3.63) is 70.9 Å². The van der Waals surface area contributed by atoms with Crippen LogP contribution in [0.15, 0.2) is 59.2 Å². The molecule has 0 aromatic heterocycles. The molecular formula is C29H39N6O2+. The van der Waals surface area contributed by atoms with Crippen molar-refractivity contribution in [1.29, 1.82) is 0 Å². The van der Waals surface area contributed by atoms with Gasteiger partial charge < -0.3 is 10.2 Å². The van der Waals surface area contributed by atoms with Gasteiger partial charge in [-0.25, -0.2) is 4.99 Å². The largest absolute Gasteiger partial charge is 0.323 e. The van der Waals surface area contributed by atoms with Gasteiger partial charge in [-0.05, 0) is 91.5 Å². The molecular weight excluding hydrogens is 464 g/mol. The molecule has 5 N–H and O–H groups in total. The van der Waals surface area contributed by atoms with Crippen LogP contribution in [-0.2, 0) is 0 Å². The smallest absolute Gasteiger partial charge is 0.215 e. The number of guanidine groups is 1. The summed E-state index contributed by atoms with van der Waals surface area (Å²) in [4.78, 5) is 6.14. The zero-order valence-electron chi connectivity index (χ0n) is 22.1. The Hall–Kier alpha value is -3.17. The molecule has 0 radical (unpaired) electrons. The minimum absolute atomic E-state index is 0.206. The van der Waals surface area contributed by atoms with Crippen LogP contribution >= 0.6 is 0 Å². The summed E-state index contributed by atoms with van der Waals surface area (Å²) in [7, 11) is 0. The number of quaternary nitrogens is 1. The second-order valence-electron chi connectivity index (χ2n) is 10.5. The second kappa shape index (κ2) is 10.7. The number of rotatable bonds is 7. The molecule has 37 heavy (non-hydrogen) atoms. The van der Waals surface area contributed by atoms with Crippen molar-refractivity contribution < 1.29 is 15.2 Å². The van der Waals surface area contributed by atoms with Gasteiger partial charge in [0.25, 0.3) is 0 Å². The predicted octanol–water partition coefficient (Wildman–Crippen LogP) is 5.27. The highest BCUT2D eigenvalue weighted by molar-refractivity contribution is 6.02. The minimum atomic E-state index is -1.07. The third-order valence-corrected chi connectivity index (χ3v) is 7.60. The lowest BCUT2D eigenvalue weighted by atomic mass is 9.93. The average Bonchev–Trinajstić information content (AvgIpc) is 3.38. The summed E-state index contributed by atoms with van der Waals surface area (Å²) in [5.41, 5.74) is 15.1. The minimum Gasteiger partial charge on any atom is -0.323 e. The third-order valence-electron chi connectivity index (χ3n) is 7.60. The molecule has 0 bridgehead atoms. The number of nitrogens with one attached hydrogen (secondary N) is 3. The molecule has 1 unspecified atom stereocenters. The quantitative estimate of drug-likeness (QED) is 0.261. The Balaban J connectivity index is 1.25. The molecule has 8 nitrogen and oxygen atoms in total. The van der Waals surface area contributed by atoms with E-state index in [-0.39, 0.29) is 12.6 Å². The van der Waals surface area contributed by atoms with Gasteiger partial charge in [-0.3, -0.25) is 10.9 Å². The summed E-state index contributed by atoms with van der Waals surface area (Å²) in [5, 5.41) is 24.9. The number of fused-ring (bicyclic) bond motifs is 1. The number of aliphatic imine (C=N–C) groups is 1. The molecule has 0 amide bonds. The van der Waals surface area contributed by atoms with Crippen LogP contribution < -0.4 is 16.2 Å². The molecule has 3 aliphatic rings. The predicted molar refractivity (Wildman–Crippen MR) is 149 cm³/mol. The van der Waals surface area contributed by atoms with Crippen molar-refractivity contribution in [2.24, 2.45) is 4.99 Å². The molecule has 2 aromatic carbocycles. The van der Waals surface area contributed by atoms with Crippen molar-refractivity contribution in [3.63, 3.8) is 0 Å². The van der Waals surface area contributed by atoms with Crippen LogP contribution in [-0.4, -0.2) is 58.3 Å². The molecule has 1 atom stereocenters. The van der Waals surface area contributed by atoms with E-state index >= 15 is 0 Å². The van der Waals surface area contributed by atoms with Crippen LogP contribution in [0.5, 0.6) is 0 Å². The number of anilines is 2. The SMILES string of the molecule is Cc1cc(-c2c(C)cccc2C)cc2c1NC(=NC1C=CC=C([N+](O)(O)CCCN3CCCC3)C1)NN2. The zero-order chi connectivity index (χ0) is 26.0. The maximum atomic E-state index is 10.7. The number of hydroxylamine groups is 4. The Labute approximate surface area is 219 Å². The van der Waals surface area contributed by atoms with Crippen LogP contribution in [0.2, 0.25) is 0 Å². The second-order valence-corrected chi connectivity index (χ2v) is 10.5. The van der Waals surface area contributed by atoms with Gasteiger partial charge in [0.2, 0.25) is 5.96 Å². The lowest BCUT2D eigenvalue weighted by Gasteiger charge is -2.28. The molecule has 5 rings (SSSR count). The van der Waals surface area contributed by atoms with Gasteiger partial charge in [-0.2, -0.15) is 10.4 Å². The summed E-state index contributed by atoms with van der Waals surface area (Å²) >= 11 is 0. The molecule has 1 aliphatic carbocycles. The van der Waals surface area contributed by atoms with Crippen LogP contribution in [0.4, 0.5) is 11.4 Å². The fraction of sp³-hybridized carbons (Fsp3) is 0.414. The molecule has 8 heteroatoms. The van der Waals surface area contributed by atoms with Crippen molar-refractivity contribution in [1.82, 2.24) is 10.3 Å². The van der Waals surface area contributed by atoms with Gasteiger partial charge >= 0.3 is 0 Å². The first-order valence-corrected chi connectivity index (χ1v) is 13.3. The van der Waals surface area contributed by atoms with Crippen LogP contribution in [0, 0.1) is 20.8 Å². The zero-order valence-corrected chi connectivity index (χ0v) is 22.1. The normalized spacial score (nSPS) is 20.7. The molecule has 1 saturated heterocycles. The first kappa shape index (κ1) is 25.5. The van der Waals surface area contributed by atoms with Gasteiger partial charge in [0.15, 0.2) is 5.70 Å². The molecule has 1 fully saturated rings. The van der Waals surface area contributed by atoms with E-state index in [0.29, 0.717) is 18.1 Å². The van der Waals surface area contributed by atoms with Crippen molar-refractivity contribution in [2.75, 3.05) is 36.9 Å². The highest BCUT2D eigenvalue weighted by Crippen LogP contribution is 2.36. The van der Waals surface area contributed by atoms with E-state index in [2.05, 4.69) is 72.2 Å². The van der Waals surface area contributed by atoms with Crippen molar-refractivity contribution in [3.8, 4) is 11.1 Å². The maximum Gasteiger partial charge on any atom is 0.215 e. The summed E-state index contributed by atoms with van der Waals surface area (Å²) in [5.74, 6) is 0.606. The Morgan fingerprint density at radius 1 is 1.03 bits per heavy atom. The first-order valence-electron chi connectivity index (χ1n) is 13.3. The summed E-state index contributed by atoms with van der Waals surface area (Å²) < 4.78 is 0. The van der Waals surface area contributed by atoms with E-state index in [0.717, 1.165) is 43.0 Å². The molecule has 0 spiro atoms. The number of benzene rings is 2. The summed E-state index contributed by atoms with van der Waals surface area (Å²) in [6, 6.07) is 10.5. The van der Waals surface area contributed by atoms with Crippen LogP contribution in [0.25, 0.3) is 11.1 Å². The number of nitrogens with zero attached hydrogens (tertiary/aromatic N) is 3. The Morgan fingerprint density at radius 3 is 2.54 bits per heavy atom. The van der Waals surface area contributed by atoms with Gasteiger partial charge in [-0.15, -0.1) is 0 Å². The number of allylic oxidation sites excluding steroid dienone is 2. The fourth-order valence-corrected chi connectivity index (χ4v) is 5.64. The number of hydrazine groups is 1. The molecule has 196 valence electrons. The van der Waals surface area contributed by atoms with E-state index in [1.54, 1.807) is 6.08 Å². The Morgan fingerprint density at radius 2 is 1.78 bits per heavy atom. The van der Waals surface area contributed by atoms with Gasteiger partial charge in [0.05, 0.1) is 23.8 Å². The highest BCUT2D eigenvalue weighted by Gasteiger charge is 2.33. The topological polar surface area (TPSA) is 92.2 Å². The Kier molecular flexibility index (Phi) is 7.35. The number of hydrogen-bond acceptors (Lipinski definition) is 5. The van der Waals surface area contributed by atoms with Crippen LogP contribution in [0.3, 0.4) is 0 Å². The number of likely N-dealkylation sites (tertiary alicyclic amines) is 1. The summed E-state index contributed by atoms with van der Waals surface area (Å²) in [6.45, 7) is 9.79. The lowest BCUT2D eigenvalue weighted by molar-refractivity contribution is -1.22. The van der Waals surface area contributed by atoms with Crippen LogP contribution in [0.1, 0.15) is 42.4 Å². The van der Waals surface area contributed by atoms with Gasteiger partial charge in [0, 0.05) is 19.0 Å². The Bertz CT molecular complexity index is 1220. The number of hydrogen-bond donors (Lipinski definition) is 5. The average molecular weight is 504 g/mol. The molecule has 0 saturated carbocycles. The van der Waals surface area contributed by atoms with Crippen molar-refractivity contribution >= 4 is 17.3 Å².